The molecule has 0 unspecified atom stereocenters. The Labute approximate surface area is 175 Å². The summed E-state index contributed by atoms with van der Waals surface area (Å²) in [5.41, 5.74) is 0.532. The molecule has 4 rings (SSSR count). The van der Waals surface area contributed by atoms with Crippen LogP contribution < -0.4 is 5.32 Å². The second kappa shape index (κ2) is 8.02. The van der Waals surface area contributed by atoms with E-state index in [-0.39, 0.29) is 33.0 Å². The molecule has 1 aromatic heterocycles. The molecule has 1 fully saturated rings. The molecule has 0 radical (unpaired) electrons. The number of halogens is 3. The van der Waals surface area contributed by atoms with Gasteiger partial charge >= 0.3 is 0 Å². The van der Waals surface area contributed by atoms with Gasteiger partial charge in [-0.15, -0.1) is 0 Å². The van der Waals surface area contributed by atoms with Crippen molar-refractivity contribution in [3.63, 3.8) is 0 Å². The number of nitrogens with one attached hydrogen (secondary N) is 1. The van der Waals surface area contributed by atoms with Crippen LogP contribution in [-0.2, 0) is 4.74 Å². The highest BCUT2D eigenvalue weighted by Gasteiger charge is 2.28. The molecule has 0 saturated carbocycles. The van der Waals surface area contributed by atoms with E-state index in [1.807, 2.05) is 0 Å². The lowest BCUT2D eigenvalue weighted by molar-refractivity contribution is 0.0285. The molecule has 6 nitrogen and oxygen atoms in total. The molecule has 3 aromatic rings. The minimum atomic E-state index is -0.775. The first-order valence-corrected chi connectivity index (χ1v) is 9.55. The monoisotopic (exact) mass is 436 g/mol. The largest absolute Gasteiger partial charge is 0.449 e. The predicted octanol–water partition coefficient (Wildman–Crippen LogP) is 4.60. The highest BCUT2D eigenvalue weighted by molar-refractivity contribution is 6.37. The Morgan fingerprint density at radius 2 is 1.79 bits per heavy atom. The SMILES string of the molecule is O=C(Nc1c(C(=O)N2CCOCC2)oc2ccccc12)c1cc(F)c(Cl)cc1Cl. The van der Waals surface area contributed by atoms with E-state index in [2.05, 4.69) is 5.32 Å². The fourth-order valence-electron chi connectivity index (χ4n) is 3.11. The fraction of sp³-hybridized carbons (Fsp3) is 0.200. The molecule has 2 heterocycles. The first-order chi connectivity index (χ1) is 14.0. The molecular weight excluding hydrogens is 422 g/mol. The van der Waals surface area contributed by atoms with Gasteiger partial charge in [0.05, 0.1) is 28.8 Å². The minimum absolute atomic E-state index is 0.00740. The van der Waals surface area contributed by atoms with Crippen molar-refractivity contribution in [1.29, 1.82) is 0 Å². The summed E-state index contributed by atoms with van der Waals surface area (Å²) in [6, 6.07) is 9.02. The van der Waals surface area contributed by atoms with Crippen molar-refractivity contribution >= 4 is 51.7 Å². The number of carbonyl (C=O) groups is 2. The summed E-state index contributed by atoms with van der Waals surface area (Å²) < 4.78 is 24.9. The molecule has 2 amide bonds. The van der Waals surface area contributed by atoms with Crippen molar-refractivity contribution < 1.29 is 23.1 Å². The number of fused-ring (bicyclic) bond motifs is 1. The number of hydrogen-bond donors (Lipinski definition) is 1. The quantitative estimate of drug-likeness (QED) is 0.608. The van der Waals surface area contributed by atoms with Crippen molar-refractivity contribution in [3.05, 3.63) is 63.6 Å². The van der Waals surface area contributed by atoms with E-state index in [1.165, 1.54) is 0 Å². The minimum Gasteiger partial charge on any atom is -0.449 e. The average molecular weight is 437 g/mol. The van der Waals surface area contributed by atoms with Gasteiger partial charge in [0.25, 0.3) is 11.8 Å². The van der Waals surface area contributed by atoms with Crippen LogP contribution in [0, 0.1) is 5.82 Å². The number of ether oxygens (including phenoxy) is 1. The Balaban J connectivity index is 1.73. The molecule has 1 saturated heterocycles. The Hall–Kier alpha value is -2.61. The maximum absolute atomic E-state index is 13.8. The van der Waals surface area contributed by atoms with Gasteiger partial charge in [0.1, 0.15) is 17.1 Å². The number of anilines is 1. The maximum atomic E-state index is 13.8. The van der Waals surface area contributed by atoms with Crippen LogP contribution in [0.5, 0.6) is 0 Å². The lowest BCUT2D eigenvalue weighted by Gasteiger charge is -2.26. The summed E-state index contributed by atoms with van der Waals surface area (Å²) in [5.74, 6) is -1.84. The normalized spacial score (nSPS) is 14.2. The summed E-state index contributed by atoms with van der Waals surface area (Å²) in [6.07, 6.45) is 0. The van der Waals surface area contributed by atoms with Gasteiger partial charge < -0.3 is 19.4 Å². The Kier molecular flexibility index (Phi) is 5.45. The van der Waals surface area contributed by atoms with Crippen LogP contribution in [0.4, 0.5) is 10.1 Å². The molecule has 1 aliphatic heterocycles. The lowest BCUT2D eigenvalue weighted by Crippen LogP contribution is -2.40. The Morgan fingerprint density at radius 3 is 2.55 bits per heavy atom. The molecule has 1 N–H and O–H groups in total. The molecule has 2 aromatic carbocycles. The Bertz CT molecular complexity index is 1110. The highest BCUT2D eigenvalue weighted by Crippen LogP contribution is 2.33. The first-order valence-electron chi connectivity index (χ1n) is 8.80. The van der Waals surface area contributed by atoms with Crippen LogP contribution in [0.2, 0.25) is 10.0 Å². The third-order valence-electron chi connectivity index (χ3n) is 4.58. The van der Waals surface area contributed by atoms with Gasteiger partial charge in [0.15, 0.2) is 0 Å². The number of amides is 2. The van der Waals surface area contributed by atoms with Crippen LogP contribution >= 0.6 is 23.2 Å². The maximum Gasteiger partial charge on any atom is 0.291 e. The third kappa shape index (κ3) is 3.81. The second-order valence-electron chi connectivity index (χ2n) is 6.41. The molecule has 150 valence electrons. The zero-order valence-corrected chi connectivity index (χ0v) is 16.5. The Morgan fingerprint density at radius 1 is 1.07 bits per heavy atom. The van der Waals surface area contributed by atoms with Crippen molar-refractivity contribution in [3.8, 4) is 0 Å². The second-order valence-corrected chi connectivity index (χ2v) is 7.22. The van der Waals surface area contributed by atoms with Crippen LogP contribution in [-0.4, -0.2) is 43.0 Å². The molecule has 0 atom stereocenters. The van der Waals surface area contributed by atoms with Gasteiger partial charge in [0, 0.05) is 18.5 Å². The van der Waals surface area contributed by atoms with Crippen LogP contribution in [0.1, 0.15) is 20.9 Å². The summed E-state index contributed by atoms with van der Waals surface area (Å²) in [6.45, 7) is 1.68. The lowest BCUT2D eigenvalue weighted by atomic mass is 10.1. The summed E-state index contributed by atoms with van der Waals surface area (Å²) in [7, 11) is 0. The number of hydrogen-bond acceptors (Lipinski definition) is 4. The van der Waals surface area contributed by atoms with E-state index in [1.54, 1.807) is 29.2 Å². The number of furan rings is 1. The van der Waals surface area contributed by atoms with E-state index in [0.29, 0.717) is 37.3 Å². The van der Waals surface area contributed by atoms with Gasteiger partial charge in [0.2, 0.25) is 5.76 Å². The van der Waals surface area contributed by atoms with Crippen LogP contribution in [0.25, 0.3) is 11.0 Å². The number of para-hydroxylation sites is 1. The van der Waals surface area contributed by atoms with Crippen molar-refractivity contribution in [1.82, 2.24) is 4.90 Å². The number of morpholine rings is 1. The van der Waals surface area contributed by atoms with Gasteiger partial charge in [-0.05, 0) is 24.3 Å². The smallest absolute Gasteiger partial charge is 0.291 e. The number of rotatable bonds is 3. The van der Waals surface area contributed by atoms with Gasteiger partial charge in [-0.25, -0.2) is 4.39 Å². The zero-order valence-electron chi connectivity index (χ0n) is 15.0. The van der Waals surface area contributed by atoms with E-state index < -0.39 is 11.7 Å². The standard InChI is InChI=1S/C20H15Cl2FN2O4/c21-13-10-14(22)15(23)9-12(13)19(26)24-17-11-3-1-2-4-16(11)29-18(17)20(27)25-5-7-28-8-6-25/h1-4,9-10H,5-8H2,(H,24,26). The zero-order chi connectivity index (χ0) is 20.5. The van der Waals surface area contributed by atoms with Gasteiger partial charge in [-0.3, -0.25) is 9.59 Å². The number of carbonyl (C=O) groups excluding carboxylic acids is 2. The number of benzene rings is 2. The van der Waals surface area contributed by atoms with Crippen molar-refractivity contribution in [2.24, 2.45) is 0 Å². The average Bonchev–Trinajstić information content (AvgIpc) is 3.09. The van der Waals surface area contributed by atoms with Crippen molar-refractivity contribution in [2.45, 2.75) is 0 Å². The highest BCUT2D eigenvalue weighted by atomic mass is 35.5. The van der Waals surface area contributed by atoms with E-state index in [9.17, 15) is 14.0 Å². The van der Waals surface area contributed by atoms with E-state index in [0.717, 1.165) is 12.1 Å². The van der Waals surface area contributed by atoms with E-state index >= 15 is 0 Å². The number of nitrogens with zero attached hydrogens (tertiary/aromatic N) is 1. The molecule has 29 heavy (non-hydrogen) atoms. The van der Waals surface area contributed by atoms with Crippen LogP contribution in [0.3, 0.4) is 0 Å². The topological polar surface area (TPSA) is 71.8 Å². The summed E-state index contributed by atoms with van der Waals surface area (Å²) in [5, 5.41) is 2.99. The molecule has 1 aliphatic rings. The molecule has 0 aliphatic carbocycles. The summed E-state index contributed by atoms with van der Waals surface area (Å²) >= 11 is 11.8. The first kappa shape index (κ1) is 19.7. The molecular formula is C20H15Cl2FN2O4. The predicted molar refractivity (Wildman–Crippen MR) is 107 cm³/mol. The van der Waals surface area contributed by atoms with Gasteiger partial charge in [-0.1, -0.05) is 35.3 Å². The third-order valence-corrected chi connectivity index (χ3v) is 5.18. The van der Waals surface area contributed by atoms with Crippen molar-refractivity contribution in [2.75, 3.05) is 31.6 Å². The fourth-order valence-corrected chi connectivity index (χ4v) is 3.58. The summed E-state index contributed by atoms with van der Waals surface area (Å²) in [4.78, 5) is 27.4. The molecule has 0 bridgehead atoms. The van der Waals surface area contributed by atoms with Crippen LogP contribution in [0.15, 0.2) is 40.8 Å². The van der Waals surface area contributed by atoms with Gasteiger partial charge in [-0.2, -0.15) is 0 Å². The van der Waals surface area contributed by atoms with E-state index in [4.69, 9.17) is 32.4 Å². The molecule has 9 heteroatoms. The molecule has 0 spiro atoms.